The van der Waals surface area contributed by atoms with Gasteiger partial charge in [0.1, 0.15) is 17.6 Å². The van der Waals surface area contributed by atoms with E-state index >= 15 is 0 Å². The van der Waals surface area contributed by atoms with Gasteiger partial charge in [0, 0.05) is 18.2 Å². The molecule has 1 aromatic rings. The lowest BCUT2D eigenvalue weighted by molar-refractivity contribution is -0.146. The van der Waals surface area contributed by atoms with E-state index in [1.807, 2.05) is 4.90 Å². The summed E-state index contributed by atoms with van der Waals surface area (Å²) in [6.45, 7) is 1.20. The van der Waals surface area contributed by atoms with Crippen molar-refractivity contribution in [3.63, 3.8) is 0 Å². The van der Waals surface area contributed by atoms with Crippen LogP contribution in [0.2, 0.25) is 0 Å². The van der Waals surface area contributed by atoms with Crippen LogP contribution in [0.15, 0.2) is 18.2 Å². The predicted molar refractivity (Wildman–Crippen MR) is 68.4 cm³/mol. The Balaban J connectivity index is 2.10. The lowest BCUT2D eigenvalue weighted by atomic mass is 10.1. The fourth-order valence-corrected chi connectivity index (χ4v) is 2.42. The number of carbonyl (C=O) groups excluding carboxylic acids is 1. The molecule has 1 unspecified atom stereocenters. The molecule has 1 aliphatic rings. The number of benzene rings is 1. The van der Waals surface area contributed by atoms with E-state index in [0.717, 1.165) is 19.4 Å². The Kier molecular flexibility index (Phi) is 4.37. The fraction of sp³-hybridized carbons (Fsp3) is 0.500. The topological polar surface area (TPSA) is 38.8 Å². The summed E-state index contributed by atoms with van der Waals surface area (Å²) in [6.07, 6.45) is 1.70. The Morgan fingerprint density at radius 2 is 2.26 bits per heavy atom. The number of likely N-dealkylation sites (tertiary alicyclic amines) is 1. The van der Waals surface area contributed by atoms with Crippen molar-refractivity contribution in [1.29, 1.82) is 0 Å². The van der Waals surface area contributed by atoms with Gasteiger partial charge >= 0.3 is 5.97 Å². The van der Waals surface area contributed by atoms with E-state index < -0.39 is 0 Å². The van der Waals surface area contributed by atoms with Crippen molar-refractivity contribution in [3.05, 3.63) is 29.6 Å². The van der Waals surface area contributed by atoms with E-state index in [1.165, 1.54) is 20.3 Å². The number of hydrogen-bond acceptors (Lipinski definition) is 4. The van der Waals surface area contributed by atoms with Gasteiger partial charge in [0.25, 0.3) is 0 Å². The number of esters is 1. The zero-order valence-corrected chi connectivity index (χ0v) is 11.2. The van der Waals surface area contributed by atoms with Crippen LogP contribution in [0, 0.1) is 5.82 Å². The Bertz CT molecular complexity index is 464. The molecule has 4 nitrogen and oxygen atoms in total. The first-order chi connectivity index (χ1) is 9.15. The molecule has 1 fully saturated rings. The highest BCUT2D eigenvalue weighted by atomic mass is 19.1. The third-order valence-electron chi connectivity index (χ3n) is 3.47. The van der Waals surface area contributed by atoms with Crippen molar-refractivity contribution < 1.29 is 18.7 Å². The van der Waals surface area contributed by atoms with E-state index in [2.05, 4.69) is 0 Å². The first-order valence-corrected chi connectivity index (χ1v) is 6.30. The largest absolute Gasteiger partial charge is 0.497 e. The highest BCUT2D eigenvalue weighted by molar-refractivity contribution is 5.75. The van der Waals surface area contributed by atoms with Gasteiger partial charge in [-0.1, -0.05) is 6.07 Å². The molecule has 1 aromatic carbocycles. The molecule has 0 bridgehead atoms. The summed E-state index contributed by atoms with van der Waals surface area (Å²) >= 11 is 0. The standard InChI is InChI=1S/C14H18FNO3/c1-18-11-6-5-10(12(15)8-11)9-16-7-3-4-13(16)14(17)19-2/h5-6,8,13H,3-4,7,9H2,1-2H3. The summed E-state index contributed by atoms with van der Waals surface area (Å²) in [5.74, 6) is -0.0616. The van der Waals surface area contributed by atoms with Crippen molar-refractivity contribution in [3.8, 4) is 5.75 Å². The fourth-order valence-electron chi connectivity index (χ4n) is 2.42. The van der Waals surface area contributed by atoms with Crippen LogP contribution in [0.25, 0.3) is 0 Å². The molecule has 0 saturated carbocycles. The molecule has 5 heteroatoms. The van der Waals surface area contributed by atoms with Crippen LogP contribution in [0.4, 0.5) is 4.39 Å². The number of hydrogen-bond donors (Lipinski definition) is 0. The van der Waals surface area contributed by atoms with Crippen LogP contribution in [0.3, 0.4) is 0 Å². The minimum atomic E-state index is -0.310. The second kappa shape index (κ2) is 6.02. The maximum absolute atomic E-state index is 13.9. The number of rotatable bonds is 4. The molecule has 2 rings (SSSR count). The molecule has 0 aromatic heterocycles. The van der Waals surface area contributed by atoms with Gasteiger partial charge in [0.05, 0.1) is 14.2 Å². The number of methoxy groups -OCH3 is 2. The molecule has 1 aliphatic heterocycles. The lowest BCUT2D eigenvalue weighted by Crippen LogP contribution is -2.36. The molecule has 1 atom stereocenters. The Hall–Kier alpha value is -1.62. The van der Waals surface area contributed by atoms with Crippen molar-refractivity contribution in [2.45, 2.75) is 25.4 Å². The summed E-state index contributed by atoms with van der Waals surface area (Å²) in [6, 6.07) is 4.52. The van der Waals surface area contributed by atoms with Gasteiger partial charge in [-0.3, -0.25) is 9.69 Å². The van der Waals surface area contributed by atoms with Gasteiger partial charge in [-0.05, 0) is 25.5 Å². The smallest absolute Gasteiger partial charge is 0.323 e. The average molecular weight is 267 g/mol. The number of halogens is 1. The molecular formula is C14H18FNO3. The van der Waals surface area contributed by atoms with Crippen LogP contribution >= 0.6 is 0 Å². The van der Waals surface area contributed by atoms with E-state index in [4.69, 9.17) is 9.47 Å². The molecule has 0 spiro atoms. The summed E-state index contributed by atoms with van der Waals surface area (Å²) < 4.78 is 23.6. The molecule has 0 aliphatic carbocycles. The van der Waals surface area contributed by atoms with Crippen molar-refractivity contribution in [1.82, 2.24) is 4.90 Å². The summed E-state index contributed by atoms with van der Waals surface area (Å²) in [5.41, 5.74) is 0.566. The zero-order chi connectivity index (χ0) is 13.8. The van der Waals surface area contributed by atoms with Crippen molar-refractivity contribution >= 4 is 5.97 Å². The van der Waals surface area contributed by atoms with E-state index in [1.54, 1.807) is 12.1 Å². The van der Waals surface area contributed by atoms with Gasteiger partial charge in [-0.2, -0.15) is 0 Å². The van der Waals surface area contributed by atoms with Crippen LogP contribution in [-0.2, 0) is 16.1 Å². The third kappa shape index (κ3) is 3.04. The maximum atomic E-state index is 13.9. The third-order valence-corrected chi connectivity index (χ3v) is 3.47. The Morgan fingerprint density at radius 3 is 2.89 bits per heavy atom. The molecule has 1 heterocycles. The van der Waals surface area contributed by atoms with E-state index in [0.29, 0.717) is 17.9 Å². The van der Waals surface area contributed by atoms with Gasteiger partial charge < -0.3 is 9.47 Å². The normalized spacial score (nSPS) is 19.4. The molecule has 19 heavy (non-hydrogen) atoms. The van der Waals surface area contributed by atoms with Gasteiger partial charge in [-0.25, -0.2) is 4.39 Å². The quantitative estimate of drug-likeness (QED) is 0.782. The van der Waals surface area contributed by atoms with Crippen LogP contribution in [-0.4, -0.2) is 37.7 Å². The average Bonchev–Trinajstić information content (AvgIpc) is 2.88. The highest BCUT2D eigenvalue weighted by Gasteiger charge is 2.31. The highest BCUT2D eigenvalue weighted by Crippen LogP contribution is 2.23. The monoisotopic (exact) mass is 267 g/mol. The second-order valence-electron chi connectivity index (χ2n) is 4.61. The number of carbonyl (C=O) groups is 1. The van der Waals surface area contributed by atoms with Gasteiger partial charge in [-0.15, -0.1) is 0 Å². The van der Waals surface area contributed by atoms with Crippen LogP contribution in [0.5, 0.6) is 5.75 Å². The summed E-state index contributed by atoms with van der Waals surface area (Å²) in [4.78, 5) is 13.6. The predicted octanol–water partition coefficient (Wildman–Crippen LogP) is 1.97. The van der Waals surface area contributed by atoms with Crippen molar-refractivity contribution in [2.24, 2.45) is 0 Å². The zero-order valence-electron chi connectivity index (χ0n) is 11.2. The van der Waals surface area contributed by atoms with Gasteiger partial charge in [0.15, 0.2) is 0 Å². The van der Waals surface area contributed by atoms with E-state index in [-0.39, 0.29) is 17.8 Å². The summed E-state index contributed by atoms with van der Waals surface area (Å²) in [7, 11) is 2.88. The SMILES string of the molecule is COC(=O)C1CCCN1Cc1ccc(OC)cc1F. The first kappa shape index (κ1) is 13.8. The van der Waals surface area contributed by atoms with Crippen LogP contribution in [0.1, 0.15) is 18.4 Å². The molecular weight excluding hydrogens is 249 g/mol. The number of nitrogens with zero attached hydrogens (tertiary/aromatic N) is 1. The summed E-state index contributed by atoms with van der Waals surface area (Å²) in [5, 5.41) is 0. The van der Waals surface area contributed by atoms with Crippen molar-refractivity contribution in [2.75, 3.05) is 20.8 Å². The molecule has 0 amide bonds. The Labute approximate surface area is 112 Å². The second-order valence-corrected chi connectivity index (χ2v) is 4.61. The Morgan fingerprint density at radius 1 is 1.47 bits per heavy atom. The lowest BCUT2D eigenvalue weighted by Gasteiger charge is -2.22. The maximum Gasteiger partial charge on any atom is 0.323 e. The van der Waals surface area contributed by atoms with Crippen LogP contribution < -0.4 is 4.74 Å². The minimum absolute atomic E-state index is 0.244. The first-order valence-electron chi connectivity index (χ1n) is 6.30. The molecule has 0 radical (unpaired) electrons. The molecule has 1 saturated heterocycles. The number of ether oxygens (including phenoxy) is 2. The van der Waals surface area contributed by atoms with E-state index in [9.17, 15) is 9.18 Å². The minimum Gasteiger partial charge on any atom is -0.497 e. The molecule has 0 N–H and O–H groups in total. The van der Waals surface area contributed by atoms with Gasteiger partial charge in [0.2, 0.25) is 0 Å². The molecule has 104 valence electrons.